The molecule has 1 fully saturated rings. The molecular weight excluding hydrogens is 356 g/mol. The second-order valence-electron chi connectivity index (χ2n) is 6.57. The number of aromatic nitrogens is 1. The van der Waals surface area contributed by atoms with E-state index in [9.17, 15) is 4.79 Å². The fourth-order valence-electron chi connectivity index (χ4n) is 3.04. The Labute approximate surface area is 163 Å². The highest BCUT2D eigenvalue weighted by Crippen LogP contribution is 2.21. The van der Waals surface area contributed by atoms with Crippen molar-refractivity contribution in [1.29, 1.82) is 0 Å². The second kappa shape index (κ2) is 8.17. The molecule has 1 saturated heterocycles. The summed E-state index contributed by atoms with van der Waals surface area (Å²) in [4.78, 5) is 18.5. The van der Waals surface area contributed by atoms with Crippen molar-refractivity contribution in [3.8, 4) is 17.4 Å². The average molecular weight is 378 g/mol. The Morgan fingerprint density at radius 1 is 1.00 bits per heavy atom. The SMILES string of the molecule is CCOc1ccc(OCC(=O)N2CC(Oc3ccc4ccccc4n3)C2)cc1. The van der Waals surface area contributed by atoms with Crippen LogP contribution >= 0.6 is 0 Å². The van der Waals surface area contributed by atoms with E-state index in [4.69, 9.17) is 14.2 Å². The largest absolute Gasteiger partial charge is 0.494 e. The lowest BCUT2D eigenvalue weighted by Crippen LogP contribution is -2.57. The number of ether oxygens (including phenoxy) is 3. The normalized spacial score (nSPS) is 13.8. The molecule has 28 heavy (non-hydrogen) atoms. The predicted molar refractivity (Wildman–Crippen MR) is 106 cm³/mol. The van der Waals surface area contributed by atoms with Crippen LogP contribution in [0.2, 0.25) is 0 Å². The third-order valence-electron chi connectivity index (χ3n) is 4.56. The van der Waals surface area contributed by atoms with Crippen LogP contribution in [0.25, 0.3) is 10.9 Å². The zero-order chi connectivity index (χ0) is 19.3. The number of para-hydroxylation sites is 1. The Balaban J connectivity index is 1.23. The molecule has 6 nitrogen and oxygen atoms in total. The van der Waals surface area contributed by atoms with Gasteiger partial charge >= 0.3 is 0 Å². The number of carbonyl (C=O) groups is 1. The van der Waals surface area contributed by atoms with Gasteiger partial charge in [-0.2, -0.15) is 0 Å². The first kappa shape index (κ1) is 18.1. The molecule has 2 aromatic carbocycles. The van der Waals surface area contributed by atoms with Crippen LogP contribution in [-0.4, -0.2) is 48.2 Å². The topological polar surface area (TPSA) is 60.9 Å². The van der Waals surface area contributed by atoms with Gasteiger partial charge in [-0.1, -0.05) is 18.2 Å². The molecule has 0 aliphatic carbocycles. The number of benzene rings is 2. The van der Waals surface area contributed by atoms with Gasteiger partial charge in [0.05, 0.1) is 25.2 Å². The molecule has 6 heteroatoms. The summed E-state index contributed by atoms with van der Waals surface area (Å²) in [5.41, 5.74) is 0.899. The van der Waals surface area contributed by atoms with Crippen molar-refractivity contribution in [2.45, 2.75) is 13.0 Å². The molecule has 1 aromatic heterocycles. The number of rotatable bonds is 7. The lowest BCUT2D eigenvalue weighted by atomic mass is 10.1. The average Bonchev–Trinajstić information content (AvgIpc) is 2.70. The summed E-state index contributed by atoms with van der Waals surface area (Å²) < 4.78 is 16.8. The number of pyridine rings is 1. The Morgan fingerprint density at radius 2 is 1.71 bits per heavy atom. The van der Waals surface area contributed by atoms with Crippen molar-refractivity contribution in [1.82, 2.24) is 9.88 Å². The lowest BCUT2D eigenvalue weighted by molar-refractivity contribution is -0.142. The fourth-order valence-corrected chi connectivity index (χ4v) is 3.04. The molecule has 1 amide bonds. The molecule has 144 valence electrons. The number of fused-ring (bicyclic) bond motifs is 1. The number of hydrogen-bond acceptors (Lipinski definition) is 5. The molecule has 4 rings (SSSR count). The number of amides is 1. The van der Waals surface area contributed by atoms with Crippen molar-refractivity contribution in [2.24, 2.45) is 0 Å². The van der Waals surface area contributed by atoms with Gasteiger partial charge in [0.1, 0.15) is 17.6 Å². The Kier molecular flexibility index (Phi) is 5.28. The van der Waals surface area contributed by atoms with Crippen LogP contribution in [0.15, 0.2) is 60.7 Å². The van der Waals surface area contributed by atoms with E-state index >= 15 is 0 Å². The summed E-state index contributed by atoms with van der Waals surface area (Å²) in [6.07, 6.45) is -0.0388. The molecule has 3 aromatic rings. The minimum absolute atomic E-state index is 0.00886. The fraction of sp³-hybridized carbons (Fsp3) is 0.273. The van der Waals surface area contributed by atoms with Gasteiger partial charge in [-0.05, 0) is 43.3 Å². The van der Waals surface area contributed by atoms with Crippen molar-refractivity contribution >= 4 is 16.8 Å². The molecule has 1 aliphatic heterocycles. The minimum Gasteiger partial charge on any atom is -0.494 e. The standard InChI is InChI=1S/C22H22N2O4/c1-2-26-17-8-10-18(11-9-17)27-15-22(25)24-13-19(14-24)28-21-12-7-16-5-3-4-6-20(16)23-21/h3-12,19H,2,13-15H2,1H3. The first-order valence-electron chi connectivity index (χ1n) is 9.37. The van der Waals surface area contributed by atoms with E-state index in [1.165, 1.54) is 0 Å². The molecule has 2 heterocycles. The molecule has 0 spiro atoms. The van der Waals surface area contributed by atoms with Crippen molar-refractivity contribution in [2.75, 3.05) is 26.3 Å². The van der Waals surface area contributed by atoms with E-state index in [1.807, 2.05) is 55.5 Å². The number of likely N-dealkylation sites (tertiary alicyclic amines) is 1. The minimum atomic E-state index is -0.0554. The maximum absolute atomic E-state index is 12.2. The highest BCUT2D eigenvalue weighted by molar-refractivity contribution is 5.79. The predicted octanol–water partition coefficient (Wildman–Crippen LogP) is 3.30. The molecule has 0 atom stereocenters. The van der Waals surface area contributed by atoms with E-state index < -0.39 is 0 Å². The van der Waals surface area contributed by atoms with Crippen LogP contribution in [0.3, 0.4) is 0 Å². The highest BCUT2D eigenvalue weighted by atomic mass is 16.5. The maximum atomic E-state index is 12.2. The first-order chi connectivity index (χ1) is 13.7. The van der Waals surface area contributed by atoms with Gasteiger partial charge in [0, 0.05) is 11.5 Å². The second-order valence-corrected chi connectivity index (χ2v) is 6.57. The summed E-state index contributed by atoms with van der Waals surface area (Å²) in [5, 5.41) is 1.08. The first-order valence-corrected chi connectivity index (χ1v) is 9.37. The van der Waals surface area contributed by atoms with Crippen molar-refractivity contribution in [3.63, 3.8) is 0 Å². The third-order valence-corrected chi connectivity index (χ3v) is 4.56. The molecule has 0 unspecified atom stereocenters. The Bertz CT molecular complexity index is 952. The zero-order valence-corrected chi connectivity index (χ0v) is 15.7. The number of hydrogen-bond donors (Lipinski definition) is 0. The molecule has 0 bridgehead atoms. The summed E-state index contributed by atoms with van der Waals surface area (Å²) in [5.74, 6) is 1.96. The van der Waals surface area contributed by atoms with E-state index in [1.54, 1.807) is 17.0 Å². The van der Waals surface area contributed by atoms with Gasteiger partial charge in [0.25, 0.3) is 5.91 Å². The summed E-state index contributed by atoms with van der Waals surface area (Å²) in [6.45, 7) is 3.64. The van der Waals surface area contributed by atoms with Gasteiger partial charge in [-0.15, -0.1) is 0 Å². The quantitative estimate of drug-likeness (QED) is 0.631. The highest BCUT2D eigenvalue weighted by Gasteiger charge is 2.32. The molecule has 0 N–H and O–H groups in total. The smallest absolute Gasteiger partial charge is 0.260 e. The summed E-state index contributed by atoms with van der Waals surface area (Å²) in [6, 6.07) is 19.0. The number of nitrogens with zero attached hydrogens (tertiary/aromatic N) is 2. The van der Waals surface area contributed by atoms with Crippen LogP contribution in [-0.2, 0) is 4.79 Å². The summed E-state index contributed by atoms with van der Waals surface area (Å²) in [7, 11) is 0. The Morgan fingerprint density at radius 3 is 2.46 bits per heavy atom. The van der Waals surface area contributed by atoms with Crippen LogP contribution < -0.4 is 14.2 Å². The molecule has 1 aliphatic rings. The molecule has 0 saturated carbocycles. The lowest BCUT2D eigenvalue weighted by Gasteiger charge is -2.38. The van der Waals surface area contributed by atoms with Gasteiger partial charge in [-0.3, -0.25) is 4.79 Å². The van der Waals surface area contributed by atoms with Gasteiger partial charge < -0.3 is 19.1 Å². The van der Waals surface area contributed by atoms with E-state index in [2.05, 4.69) is 4.98 Å². The van der Waals surface area contributed by atoms with Crippen LogP contribution in [0.5, 0.6) is 17.4 Å². The monoisotopic (exact) mass is 378 g/mol. The van der Waals surface area contributed by atoms with Crippen LogP contribution in [0.1, 0.15) is 6.92 Å². The maximum Gasteiger partial charge on any atom is 0.260 e. The summed E-state index contributed by atoms with van der Waals surface area (Å²) >= 11 is 0. The van der Waals surface area contributed by atoms with Gasteiger partial charge in [0.2, 0.25) is 5.88 Å². The van der Waals surface area contributed by atoms with E-state index in [0.717, 1.165) is 16.7 Å². The number of carbonyl (C=O) groups excluding carboxylic acids is 1. The van der Waals surface area contributed by atoms with E-state index in [0.29, 0.717) is 31.3 Å². The van der Waals surface area contributed by atoms with Gasteiger partial charge in [0.15, 0.2) is 6.61 Å². The van der Waals surface area contributed by atoms with Crippen molar-refractivity contribution in [3.05, 3.63) is 60.7 Å². The third kappa shape index (κ3) is 4.17. The van der Waals surface area contributed by atoms with Crippen LogP contribution in [0, 0.1) is 0 Å². The van der Waals surface area contributed by atoms with Crippen molar-refractivity contribution < 1.29 is 19.0 Å². The van der Waals surface area contributed by atoms with Gasteiger partial charge in [-0.25, -0.2) is 4.98 Å². The van der Waals surface area contributed by atoms with Crippen LogP contribution in [0.4, 0.5) is 0 Å². The van der Waals surface area contributed by atoms with E-state index in [-0.39, 0.29) is 18.6 Å². The zero-order valence-electron chi connectivity index (χ0n) is 15.7. The molecular formula is C22H22N2O4. The molecule has 0 radical (unpaired) electrons. The Hall–Kier alpha value is -3.28.